The average Bonchev–Trinajstić information content (AvgIpc) is 3.08. The van der Waals surface area contributed by atoms with E-state index in [-0.39, 0.29) is 18.1 Å². The number of hydrogen-bond acceptors (Lipinski definition) is 4. The number of aromatic nitrogens is 2. The summed E-state index contributed by atoms with van der Waals surface area (Å²) >= 11 is 0. The number of rotatable bonds is 7. The smallest absolute Gasteiger partial charge is 0.255 e. The van der Waals surface area contributed by atoms with Gasteiger partial charge in [-0.2, -0.15) is 0 Å². The van der Waals surface area contributed by atoms with Gasteiger partial charge in [-0.05, 0) is 31.2 Å². The van der Waals surface area contributed by atoms with E-state index >= 15 is 0 Å². The van der Waals surface area contributed by atoms with Crippen molar-refractivity contribution in [3.05, 3.63) is 59.7 Å². The molecule has 25 heavy (non-hydrogen) atoms. The quantitative estimate of drug-likeness (QED) is 0.841. The molecule has 3 rings (SSSR count). The number of ether oxygens (including phenoxy) is 1. The maximum absolute atomic E-state index is 12.7. The Morgan fingerprint density at radius 1 is 1.28 bits per heavy atom. The third kappa shape index (κ3) is 4.63. The van der Waals surface area contributed by atoms with Gasteiger partial charge in [0.05, 0.1) is 30.0 Å². The van der Waals surface area contributed by atoms with Crippen molar-refractivity contribution < 1.29 is 9.53 Å². The molecule has 5 heteroatoms. The highest BCUT2D eigenvalue weighted by molar-refractivity contribution is 5.95. The summed E-state index contributed by atoms with van der Waals surface area (Å²) in [5, 5.41) is 3.14. The molecule has 0 unspecified atom stereocenters. The minimum atomic E-state index is -0.0933. The first-order chi connectivity index (χ1) is 12.3. The molecule has 2 atom stereocenters. The number of carbonyl (C=O) groups is 1. The molecular formula is C20H25N3O2. The summed E-state index contributed by atoms with van der Waals surface area (Å²) in [4.78, 5) is 20.9. The molecule has 0 saturated heterocycles. The second-order valence-electron chi connectivity index (χ2n) is 6.48. The van der Waals surface area contributed by atoms with Crippen LogP contribution in [-0.2, 0) is 17.8 Å². The summed E-state index contributed by atoms with van der Waals surface area (Å²) in [6, 6.07) is 10.2. The Bertz CT molecular complexity index is 690. The molecule has 1 N–H and O–H groups in total. The zero-order valence-corrected chi connectivity index (χ0v) is 14.6. The Morgan fingerprint density at radius 3 is 2.92 bits per heavy atom. The van der Waals surface area contributed by atoms with Gasteiger partial charge in [0, 0.05) is 6.20 Å². The number of aryl methyl sites for hydroxylation is 1. The fourth-order valence-electron chi connectivity index (χ4n) is 3.29. The Hall–Kier alpha value is -2.27. The van der Waals surface area contributed by atoms with Crippen molar-refractivity contribution in [2.24, 2.45) is 0 Å². The van der Waals surface area contributed by atoms with Crippen molar-refractivity contribution in [2.75, 3.05) is 0 Å². The molecule has 5 nitrogen and oxygen atoms in total. The number of nitrogens with one attached hydrogen (secondary N) is 1. The summed E-state index contributed by atoms with van der Waals surface area (Å²) in [6.45, 7) is 2.65. The van der Waals surface area contributed by atoms with E-state index in [0.717, 1.165) is 43.4 Å². The number of nitrogens with zero attached hydrogens (tertiary/aromatic N) is 2. The summed E-state index contributed by atoms with van der Waals surface area (Å²) < 4.78 is 6.07. The number of benzene rings is 1. The van der Waals surface area contributed by atoms with Crippen molar-refractivity contribution >= 4 is 5.91 Å². The zero-order valence-electron chi connectivity index (χ0n) is 14.6. The van der Waals surface area contributed by atoms with Gasteiger partial charge in [0.15, 0.2) is 0 Å². The first kappa shape index (κ1) is 17.5. The average molecular weight is 339 g/mol. The number of carbonyl (C=O) groups excluding carboxylic acids is 1. The van der Waals surface area contributed by atoms with Crippen molar-refractivity contribution in [1.29, 1.82) is 0 Å². The van der Waals surface area contributed by atoms with Gasteiger partial charge < -0.3 is 10.1 Å². The molecule has 1 saturated carbocycles. The molecular weight excluding hydrogens is 314 g/mol. The minimum Gasteiger partial charge on any atom is -0.371 e. The number of amides is 1. The third-order valence-electron chi connectivity index (χ3n) is 4.60. The monoisotopic (exact) mass is 339 g/mol. The molecule has 1 aliphatic carbocycles. The van der Waals surface area contributed by atoms with Crippen molar-refractivity contribution in [3.8, 4) is 0 Å². The lowest BCUT2D eigenvalue weighted by Crippen LogP contribution is -2.41. The van der Waals surface area contributed by atoms with E-state index in [4.69, 9.17) is 4.74 Å². The summed E-state index contributed by atoms with van der Waals surface area (Å²) in [6.07, 6.45) is 7.90. The normalized spacial score (nSPS) is 19.7. The van der Waals surface area contributed by atoms with Crippen LogP contribution in [0.3, 0.4) is 0 Å². The summed E-state index contributed by atoms with van der Waals surface area (Å²) in [7, 11) is 0. The van der Waals surface area contributed by atoms with Crippen LogP contribution in [0.4, 0.5) is 0 Å². The van der Waals surface area contributed by atoms with Gasteiger partial charge in [-0.1, -0.05) is 43.7 Å². The van der Waals surface area contributed by atoms with Crippen LogP contribution in [0.2, 0.25) is 0 Å². The van der Waals surface area contributed by atoms with E-state index in [2.05, 4.69) is 34.3 Å². The van der Waals surface area contributed by atoms with Gasteiger partial charge in [-0.3, -0.25) is 4.79 Å². The first-order valence-corrected chi connectivity index (χ1v) is 9.03. The lowest BCUT2D eigenvalue weighted by molar-refractivity contribution is 0.0272. The second kappa shape index (κ2) is 8.72. The van der Waals surface area contributed by atoms with E-state index in [1.54, 1.807) is 6.20 Å². The van der Waals surface area contributed by atoms with E-state index in [9.17, 15) is 4.79 Å². The van der Waals surface area contributed by atoms with E-state index in [1.807, 2.05) is 18.2 Å². The molecule has 1 aromatic carbocycles. The molecule has 1 fully saturated rings. The topological polar surface area (TPSA) is 64.1 Å². The highest BCUT2D eigenvalue weighted by Crippen LogP contribution is 2.24. The summed E-state index contributed by atoms with van der Waals surface area (Å²) in [5.41, 5.74) is 2.55. The van der Waals surface area contributed by atoms with Crippen molar-refractivity contribution in [2.45, 2.75) is 57.8 Å². The predicted octanol–water partition coefficient (Wildman–Crippen LogP) is 3.30. The van der Waals surface area contributed by atoms with Gasteiger partial charge in [0.1, 0.15) is 6.33 Å². The largest absolute Gasteiger partial charge is 0.371 e. The molecule has 0 aliphatic heterocycles. The molecule has 132 valence electrons. The van der Waals surface area contributed by atoms with E-state index < -0.39 is 0 Å². The maximum atomic E-state index is 12.7. The Morgan fingerprint density at radius 2 is 2.12 bits per heavy atom. The Labute approximate surface area is 148 Å². The van der Waals surface area contributed by atoms with Gasteiger partial charge in [-0.15, -0.1) is 0 Å². The van der Waals surface area contributed by atoms with Crippen LogP contribution in [-0.4, -0.2) is 28.0 Å². The lowest BCUT2D eigenvalue weighted by atomic mass is 10.1. The zero-order chi connectivity index (χ0) is 17.5. The third-order valence-corrected chi connectivity index (χ3v) is 4.60. The van der Waals surface area contributed by atoms with Crippen LogP contribution in [0, 0.1) is 0 Å². The molecule has 2 aromatic rings. The predicted molar refractivity (Wildman–Crippen MR) is 96.2 cm³/mol. The molecule has 1 aromatic heterocycles. The van der Waals surface area contributed by atoms with Crippen LogP contribution < -0.4 is 5.32 Å². The first-order valence-electron chi connectivity index (χ1n) is 9.03. The fourth-order valence-corrected chi connectivity index (χ4v) is 3.29. The van der Waals surface area contributed by atoms with Crippen LogP contribution in [0.5, 0.6) is 0 Å². The molecule has 0 bridgehead atoms. The molecule has 0 radical (unpaired) electrons. The molecule has 1 heterocycles. The van der Waals surface area contributed by atoms with Crippen molar-refractivity contribution in [1.82, 2.24) is 15.3 Å². The Kier molecular flexibility index (Phi) is 6.12. The summed E-state index contributed by atoms with van der Waals surface area (Å²) in [5.74, 6) is -0.0933. The minimum absolute atomic E-state index is 0.0471. The molecule has 1 aliphatic rings. The lowest BCUT2D eigenvalue weighted by Gasteiger charge is -2.22. The van der Waals surface area contributed by atoms with Crippen LogP contribution in [0.15, 0.2) is 42.9 Å². The second-order valence-corrected chi connectivity index (χ2v) is 6.48. The Balaban J connectivity index is 1.60. The van der Waals surface area contributed by atoms with Crippen LogP contribution in [0.25, 0.3) is 0 Å². The van der Waals surface area contributed by atoms with Gasteiger partial charge in [0.25, 0.3) is 5.91 Å². The maximum Gasteiger partial charge on any atom is 0.255 e. The SMILES string of the molecule is CCCc1ncncc1C(=O)N[C@@H]1CCC[C@H]1OCc1ccccc1. The molecule has 0 spiro atoms. The van der Waals surface area contributed by atoms with E-state index in [0.29, 0.717) is 12.2 Å². The van der Waals surface area contributed by atoms with Gasteiger partial charge >= 0.3 is 0 Å². The number of hydrogen-bond donors (Lipinski definition) is 1. The highest BCUT2D eigenvalue weighted by Gasteiger charge is 2.30. The van der Waals surface area contributed by atoms with Crippen LogP contribution >= 0.6 is 0 Å². The van der Waals surface area contributed by atoms with Crippen molar-refractivity contribution in [3.63, 3.8) is 0 Å². The highest BCUT2D eigenvalue weighted by atomic mass is 16.5. The fraction of sp³-hybridized carbons (Fsp3) is 0.450. The van der Waals surface area contributed by atoms with Gasteiger partial charge in [0.2, 0.25) is 0 Å². The molecule has 1 amide bonds. The van der Waals surface area contributed by atoms with E-state index in [1.165, 1.54) is 6.33 Å². The van der Waals surface area contributed by atoms with Gasteiger partial charge in [-0.25, -0.2) is 9.97 Å². The van der Waals surface area contributed by atoms with Crippen LogP contribution in [0.1, 0.15) is 54.2 Å². The standard InChI is InChI=1S/C20H25N3O2/c1-2-7-17-16(12-21-14-22-17)20(24)23-18-10-6-11-19(18)25-13-15-8-4-3-5-9-15/h3-5,8-9,12,14,18-19H,2,6-7,10-11,13H2,1H3,(H,23,24)/t18-,19-/m1/s1.